The number of hydrogen-bond donors (Lipinski definition) is 0. The minimum Gasteiger partial charge on any atom is -0.206 e. The summed E-state index contributed by atoms with van der Waals surface area (Å²) in [7, 11) is -4.46. The van der Waals surface area contributed by atoms with Gasteiger partial charge in [0.2, 0.25) is 0 Å². The van der Waals surface area contributed by atoms with E-state index >= 15 is 0 Å². The van der Waals surface area contributed by atoms with E-state index in [9.17, 15) is 21.1 Å². The van der Waals surface area contributed by atoms with Gasteiger partial charge in [0.1, 0.15) is 0 Å². The van der Waals surface area contributed by atoms with Crippen LogP contribution < -0.4 is 0 Å². The van der Waals surface area contributed by atoms with Crippen LogP contribution in [0.1, 0.15) is 32.1 Å². The summed E-state index contributed by atoms with van der Waals surface area (Å²) in [6.45, 7) is 0. The molecule has 2 fully saturated rings. The zero-order valence-corrected chi connectivity index (χ0v) is 9.00. The van der Waals surface area contributed by atoms with Gasteiger partial charge in [-0.25, -0.2) is 8.78 Å². The third-order valence-electron chi connectivity index (χ3n) is 3.71. The van der Waals surface area contributed by atoms with Gasteiger partial charge in [-0.3, -0.25) is 0 Å². The Morgan fingerprint density at radius 2 is 1.67 bits per heavy atom. The molecule has 0 saturated heterocycles. The van der Waals surface area contributed by atoms with Crippen LogP contribution in [0.15, 0.2) is 0 Å². The molecule has 0 aromatic rings. The molecule has 0 aliphatic heterocycles. The van der Waals surface area contributed by atoms with Gasteiger partial charge in [-0.15, -0.1) is 3.89 Å². The molecule has 88 valence electrons. The third-order valence-corrected chi connectivity index (χ3v) is 4.58. The van der Waals surface area contributed by atoms with Gasteiger partial charge in [0.05, 0.1) is 5.75 Å². The van der Waals surface area contributed by atoms with Crippen LogP contribution in [-0.2, 0) is 10.2 Å². The highest BCUT2D eigenvalue weighted by Crippen LogP contribution is 2.67. The average molecular weight is 242 g/mol. The van der Waals surface area contributed by atoms with Gasteiger partial charge >= 0.3 is 10.2 Å². The summed E-state index contributed by atoms with van der Waals surface area (Å²) in [5, 5.41) is 0. The van der Waals surface area contributed by atoms with E-state index in [0.29, 0.717) is 25.7 Å². The van der Waals surface area contributed by atoms with Gasteiger partial charge in [0.25, 0.3) is 5.92 Å². The molecule has 0 bridgehead atoms. The monoisotopic (exact) mass is 242 g/mol. The summed E-state index contributed by atoms with van der Waals surface area (Å²) in [5.74, 6) is -3.34. The summed E-state index contributed by atoms with van der Waals surface area (Å²) in [5.41, 5.74) is -0.871. The number of alkyl halides is 2. The molecule has 0 heterocycles. The zero-order chi connectivity index (χ0) is 11.3. The summed E-state index contributed by atoms with van der Waals surface area (Å²) >= 11 is 0. The Morgan fingerprint density at radius 3 is 2.00 bits per heavy atom. The Kier molecular flexibility index (Phi) is 2.34. The standard InChI is InChI=1S/C9H13F3O2S/c10-9(11)6-8(9)3-1-7(2-4-8)5-15(12,13)14/h7H,1-6H2. The lowest BCUT2D eigenvalue weighted by molar-refractivity contribution is 0.0422. The number of halogens is 3. The maximum Gasteiger partial charge on any atom is 0.302 e. The molecule has 0 amide bonds. The Balaban J connectivity index is 1.89. The van der Waals surface area contributed by atoms with Crippen molar-refractivity contribution in [1.29, 1.82) is 0 Å². The fourth-order valence-electron chi connectivity index (χ4n) is 2.60. The van der Waals surface area contributed by atoms with Crippen LogP contribution in [0.4, 0.5) is 12.7 Å². The Bertz CT molecular complexity index is 356. The summed E-state index contributed by atoms with van der Waals surface area (Å²) in [6, 6.07) is 0. The first kappa shape index (κ1) is 11.2. The van der Waals surface area contributed by atoms with Gasteiger partial charge in [0, 0.05) is 11.8 Å². The smallest absolute Gasteiger partial charge is 0.206 e. The van der Waals surface area contributed by atoms with Gasteiger partial charge in [0.15, 0.2) is 0 Å². The lowest BCUT2D eigenvalue weighted by Gasteiger charge is -2.27. The normalized spacial score (nSPS) is 39.3. The zero-order valence-electron chi connectivity index (χ0n) is 8.18. The second kappa shape index (κ2) is 3.12. The van der Waals surface area contributed by atoms with E-state index < -0.39 is 27.3 Å². The van der Waals surface area contributed by atoms with E-state index in [1.165, 1.54) is 0 Å². The maximum absolute atomic E-state index is 12.9. The molecule has 2 saturated carbocycles. The average Bonchev–Trinajstić information content (AvgIpc) is 2.56. The Morgan fingerprint density at radius 1 is 1.20 bits per heavy atom. The van der Waals surface area contributed by atoms with Crippen molar-refractivity contribution >= 4 is 10.2 Å². The molecule has 6 heteroatoms. The van der Waals surface area contributed by atoms with Crippen molar-refractivity contribution in [2.45, 2.75) is 38.0 Å². The topological polar surface area (TPSA) is 34.1 Å². The van der Waals surface area contributed by atoms with E-state index in [0.717, 1.165) is 0 Å². The van der Waals surface area contributed by atoms with Crippen molar-refractivity contribution in [1.82, 2.24) is 0 Å². The van der Waals surface area contributed by atoms with E-state index in [2.05, 4.69) is 0 Å². The number of rotatable bonds is 2. The molecule has 2 aliphatic carbocycles. The SMILES string of the molecule is O=S(=O)(F)CC1CCC2(CC1)CC2(F)F. The van der Waals surface area contributed by atoms with Crippen LogP contribution in [0.3, 0.4) is 0 Å². The van der Waals surface area contributed by atoms with Crippen molar-refractivity contribution in [3.05, 3.63) is 0 Å². The molecule has 2 rings (SSSR count). The van der Waals surface area contributed by atoms with Crippen LogP contribution in [-0.4, -0.2) is 20.1 Å². The molecule has 15 heavy (non-hydrogen) atoms. The van der Waals surface area contributed by atoms with Gasteiger partial charge in [-0.2, -0.15) is 8.42 Å². The van der Waals surface area contributed by atoms with E-state index in [-0.39, 0.29) is 12.3 Å². The highest BCUT2D eigenvalue weighted by Gasteiger charge is 2.70. The van der Waals surface area contributed by atoms with Gasteiger partial charge in [-0.1, -0.05) is 0 Å². The van der Waals surface area contributed by atoms with Crippen molar-refractivity contribution in [3.8, 4) is 0 Å². The second-order valence-corrected chi connectivity index (χ2v) is 6.22. The Hall–Kier alpha value is -0.260. The highest BCUT2D eigenvalue weighted by atomic mass is 32.3. The van der Waals surface area contributed by atoms with Crippen LogP contribution in [0.25, 0.3) is 0 Å². The molecule has 0 aromatic heterocycles. The molecule has 2 nitrogen and oxygen atoms in total. The summed E-state index contributed by atoms with van der Waals surface area (Å²) in [6.07, 6.45) is 1.40. The fourth-order valence-corrected chi connectivity index (χ4v) is 3.50. The molecule has 0 aromatic carbocycles. The summed E-state index contributed by atoms with van der Waals surface area (Å²) in [4.78, 5) is 0. The lowest BCUT2D eigenvalue weighted by Crippen LogP contribution is -2.24. The van der Waals surface area contributed by atoms with Gasteiger partial charge in [-0.05, 0) is 31.6 Å². The van der Waals surface area contributed by atoms with Crippen molar-refractivity contribution < 1.29 is 21.1 Å². The first-order valence-electron chi connectivity index (χ1n) is 5.04. The van der Waals surface area contributed by atoms with E-state index in [1.54, 1.807) is 0 Å². The van der Waals surface area contributed by atoms with Crippen LogP contribution in [0.2, 0.25) is 0 Å². The van der Waals surface area contributed by atoms with Crippen molar-refractivity contribution in [2.75, 3.05) is 5.75 Å². The predicted molar refractivity (Wildman–Crippen MR) is 48.8 cm³/mol. The fraction of sp³-hybridized carbons (Fsp3) is 1.00. The van der Waals surface area contributed by atoms with Crippen molar-refractivity contribution in [2.24, 2.45) is 11.3 Å². The minimum absolute atomic E-state index is 0.0743. The first-order chi connectivity index (χ1) is 6.74. The van der Waals surface area contributed by atoms with E-state index in [1.807, 2.05) is 0 Å². The third kappa shape index (κ3) is 2.14. The molecule has 0 unspecified atom stereocenters. The molecule has 1 spiro atoms. The molecular formula is C9H13F3O2S. The lowest BCUT2D eigenvalue weighted by atomic mass is 9.80. The molecule has 0 atom stereocenters. The molecular weight excluding hydrogens is 229 g/mol. The Labute approximate surface area is 87.1 Å². The first-order valence-corrected chi connectivity index (χ1v) is 6.60. The minimum atomic E-state index is -4.46. The predicted octanol–water partition coefficient (Wildman–Crippen LogP) is 2.50. The highest BCUT2D eigenvalue weighted by molar-refractivity contribution is 7.86. The largest absolute Gasteiger partial charge is 0.302 e. The van der Waals surface area contributed by atoms with Crippen molar-refractivity contribution in [3.63, 3.8) is 0 Å². The summed E-state index contributed by atoms with van der Waals surface area (Å²) < 4.78 is 59.0. The van der Waals surface area contributed by atoms with E-state index in [4.69, 9.17) is 0 Å². The van der Waals surface area contributed by atoms with Gasteiger partial charge < -0.3 is 0 Å². The van der Waals surface area contributed by atoms with Crippen LogP contribution >= 0.6 is 0 Å². The quantitative estimate of drug-likeness (QED) is 0.697. The molecule has 0 radical (unpaired) electrons. The van der Waals surface area contributed by atoms with Crippen LogP contribution in [0.5, 0.6) is 0 Å². The molecule has 0 N–H and O–H groups in total. The number of hydrogen-bond acceptors (Lipinski definition) is 2. The molecule has 2 aliphatic rings. The maximum atomic E-state index is 12.9. The van der Waals surface area contributed by atoms with Crippen LogP contribution in [0, 0.1) is 11.3 Å². The second-order valence-electron chi connectivity index (χ2n) is 4.81.